The van der Waals surface area contributed by atoms with Crippen molar-refractivity contribution in [2.45, 2.75) is 0 Å². The van der Waals surface area contributed by atoms with Gasteiger partial charge in [-0.3, -0.25) is 4.79 Å². The molecule has 100 valence electrons. The Bertz CT molecular complexity index is 585. The second-order valence-electron chi connectivity index (χ2n) is 4.30. The van der Waals surface area contributed by atoms with E-state index in [9.17, 15) is 4.79 Å². The molecule has 2 heteroatoms. The highest BCUT2D eigenvalue weighted by atomic mass is 16.1. The van der Waals surface area contributed by atoms with Gasteiger partial charge in [0.25, 0.3) is 0 Å². The summed E-state index contributed by atoms with van der Waals surface area (Å²) in [5.74, 6) is -0.0911. The van der Waals surface area contributed by atoms with Gasteiger partial charge in [-0.25, -0.2) is 0 Å². The van der Waals surface area contributed by atoms with Gasteiger partial charge in [0.1, 0.15) is 0 Å². The van der Waals surface area contributed by atoms with Gasteiger partial charge in [-0.05, 0) is 17.2 Å². The third kappa shape index (κ3) is 4.94. The lowest BCUT2D eigenvalue weighted by Crippen LogP contribution is -2.20. The lowest BCUT2D eigenvalue weighted by Gasteiger charge is -1.97. The molecule has 0 aliphatic heterocycles. The first-order chi connectivity index (χ1) is 9.84. The first-order valence-electron chi connectivity index (χ1n) is 6.57. The summed E-state index contributed by atoms with van der Waals surface area (Å²) >= 11 is 0. The molecule has 0 radical (unpaired) electrons. The summed E-state index contributed by atoms with van der Waals surface area (Å²) in [5.41, 5.74) is 2.14. The van der Waals surface area contributed by atoms with Gasteiger partial charge in [0.05, 0.1) is 0 Å². The van der Waals surface area contributed by atoms with Crippen LogP contribution in [0, 0.1) is 0 Å². The number of amides is 1. The second-order valence-corrected chi connectivity index (χ2v) is 4.30. The van der Waals surface area contributed by atoms with Gasteiger partial charge in [-0.15, -0.1) is 0 Å². The molecule has 1 amide bonds. The van der Waals surface area contributed by atoms with E-state index in [1.165, 1.54) is 0 Å². The number of hydrogen-bond acceptors (Lipinski definition) is 1. The van der Waals surface area contributed by atoms with Crippen LogP contribution >= 0.6 is 0 Å². The summed E-state index contributed by atoms with van der Waals surface area (Å²) in [6.07, 6.45) is 7.27. The van der Waals surface area contributed by atoms with E-state index in [0.29, 0.717) is 6.54 Å². The molecule has 0 saturated heterocycles. The van der Waals surface area contributed by atoms with E-state index in [1.807, 2.05) is 72.8 Å². The van der Waals surface area contributed by atoms with Crippen molar-refractivity contribution in [3.8, 4) is 0 Å². The number of carbonyl (C=O) groups is 1. The average Bonchev–Trinajstić information content (AvgIpc) is 2.52. The van der Waals surface area contributed by atoms with E-state index in [1.54, 1.807) is 12.2 Å². The summed E-state index contributed by atoms with van der Waals surface area (Å²) in [7, 11) is 0. The van der Waals surface area contributed by atoms with E-state index < -0.39 is 0 Å². The summed E-state index contributed by atoms with van der Waals surface area (Å²) in [5, 5.41) is 2.81. The molecule has 0 saturated carbocycles. The molecule has 2 nitrogen and oxygen atoms in total. The Morgan fingerprint density at radius 3 is 2.00 bits per heavy atom. The van der Waals surface area contributed by atoms with Gasteiger partial charge in [-0.2, -0.15) is 0 Å². The predicted octanol–water partition coefficient (Wildman–Crippen LogP) is 3.53. The lowest BCUT2D eigenvalue weighted by molar-refractivity contribution is -0.116. The van der Waals surface area contributed by atoms with Crippen molar-refractivity contribution in [1.82, 2.24) is 5.32 Å². The monoisotopic (exact) mass is 263 g/mol. The molecule has 0 spiro atoms. The molecule has 20 heavy (non-hydrogen) atoms. The lowest BCUT2D eigenvalue weighted by atomic mass is 10.2. The van der Waals surface area contributed by atoms with Crippen LogP contribution < -0.4 is 5.32 Å². The molecule has 0 bridgehead atoms. The Balaban J connectivity index is 1.76. The van der Waals surface area contributed by atoms with Gasteiger partial charge < -0.3 is 5.32 Å². The Morgan fingerprint density at radius 2 is 1.40 bits per heavy atom. The average molecular weight is 263 g/mol. The number of nitrogens with one attached hydrogen (secondary N) is 1. The van der Waals surface area contributed by atoms with E-state index in [2.05, 4.69) is 5.32 Å². The summed E-state index contributed by atoms with van der Waals surface area (Å²) in [4.78, 5) is 11.6. The minimum Gasteiger partial charge on any atom is -0.349 e. The first kappa shape index (κ1) is 13.8. The fourth-order valence-electron chi connectivity index (χ4n) is 1.71. The molecule has 2 rings (SSSR count). The molecule has 0 aliphatic rings. The third-order valence-corrected chi connectivity index (χ3v) is 2.73. The quantitative estimate of drug-likeness (QED) is 0.821. The fraction of sp³-hybridized carbons (Fsp3) is 0.0556. The Labute approximate surface area is 119 Å². The van der Waals surface area contributed by atoms with E-state index in [4.69, 9.17) is 0 Å². The molecule has 0 aromatic heterocycles. The van der Waals surface area contributed by atoms with Crippen LogP contribution in [0.15, 0.2) is 72.8 Å². The summed E-state index contributed by atoms with van der Waals surface area (Å²) in [6, 6.07) is 19.8. The highest BCUT2D eigenvalue weighted by Crippen LogP contribution is 2.01. The van der Waals surface area contributed by atoms with Crippen LogP contribution in [0.3, 0.4) is 0 Å². The molecule has 0 aliphatic carbocycles. The van der Waals surface area contributed by atoms with Crippen LogP contribution in [0.4, 0.5) is 0 Å². The zero-order valence-corrected chi connectivity index (χ0v) is 11.2. The number of hydrogen-bond donors (Lipinski definition) is 1. The maximum Gasteiger partial charge on any atom is 0.244 e. The van der Waals surface area contributed by atoms with Crippen LogP contribution in [0.5, 0.6) is 0 Å². The molecule has 0 heterocycles. The maximum absolute atomic E-state index is 11.6. The van der Waals surface area contributed by atoms with Crippen molar-refractivity contribution in [3.05, 3.63) is 83.9 Å². The number of rotatable bonds is 5. The molecule has 2 aromatic rings. The van der Waals surface area contributed by atoms with Crippen molar-refractivity contribution >= 4 is 18.1 Å². The van der Waals surface area contributed by atoms with Crippen molar-refractivity contribution in [3.63, 3.8) is 0 Å². The van der Waals surface area contributed by atoms with Crippen molar-refractivity contribution < 1.29 is 4.79 Å². The highest BCUT2D eigenvalue weighted by molar-refractivity contribution is 5.91. The van der Waals surface area contributed by atoms with Crippen molar-refractivity contribution in [2.75, 3.05) is 6.54 Å². The standard InChI is InChI=1S/C18H17NO/c20-18(14-13-17-10-5-2-6-11-17)19-15-7-12-16-8-3-1-4-9-16/h1-14H,15H2,(H,19,20). The Morgan fingerprint density at radius 1 is 0.850 bits per heavy atom. The zero-order chi connectivity index (χ0) is 14.0. The van der Waals surface area contributed by atoms with Crippen LogP contribution in [0.2, 0.25) is 0 Å². The van der Waals surface area contributed by atoms with Crippen LogP contribution in [0.25, 0.3) is 12.2 Å². The Hall–Kier alpha value is -2.61. The summed E-state index contributed by atoms with van der Waals surface area (Å²) < 4.78 is 0. The SMILES string of the molecule is O=C(C=Cc1ccccc1)NCC=Cc1ccccc1. The topological polar surface area (TPSA) is 29.1 Å². The largest absolute Gasteiger partial charge is 0.349 e. The number of carbonyl (C=O) groups excluding carboxylic acids is 1. The predicted molar refractivity (Wildman–Crippen MR) is 84.0 cm³/mol. The van der Waals surface area contributed by atoms with Gasteiger partial charge in [0.15, 0.2) is 0 Å². The van der Waals surface area contributed by atoms with Gasteiger partial charge in [0, 0.05) is 12.6 Å². The van der Waals surface area contributed by atoms with Crippen molar-refractivity contribution in [2.24, 2.45) is 0 Å². The fourth-order valence-corrected chi connectivity index (χ4v) is 1.71. The normalized spacial score (nSPS) is 11.0. The van der Waals surface area contributed by atoms with Crippen molar-refractivity contribution in [1.29, 1.82) is 0 Å². The molecule has 0 unspecified atom stereocenters. The molecule has 0 atom stereocenters. The second kappa shape index (κ2) is 7.74. The molecule has 1 N–H and O–H groups in total. The minimum absolute atomic E-state index is 0.0911. The summed E-state index contributed by atoms with van der Waals surface area (Å²) in [6.45, 7) is 0.521. The van der Waals surface area contributed by atoms with Crippen LogP contribution in [0.1, 0.15) is 11.1 Å². The smallest absolute Gasteiger partial charge is 0.244 e. The Kier molecular flexibility index (Phi) is 5.35. The maximum atomic E-state index is 11.6. The minimum atomic E-state index is -0.0911. The molecular formula is C18H17NO. The van der Waals surface area contributed by atoms with Crippen LogP contribution in [-0.2, 0) is 4.79 Å². The van der Waals surface area contributed by atoms with Crippen LogP contribution in [-0.4, -0.2) is 12.5 Å². The first-order valence-corrected chi connectivity index (χ1v) is 6.57. The molecular weight excluding hydrogens is 246 g/mol. The zero-order valence-electron chi connectivity index (χ0n) is 11.2. The molecule has 0 fully saturated rings. The van der Waals surface area contributed by atoms with E-state index in [-0.39, 0.29) is 5.91 Å². The number of benzene rings is 2. The van der Waals surface area contributed by atoms with Gasteiger partial charge in [-0.1, -0.05) is 72.8 Å². The van der Waals surface area contributed by atoms with Gasteiger partial charge in [0.2, 0.25) is 5.91 Å². The van der Waals surface area contributed by atoms with E-state index in [0.717, 1.165) is 11.1 Å². The highest BCUT2D eigenvalue weighted by Gasteiger charge is 1.92. The molecule has 2 aromatic carbocycles. The third-order valence-electron chi connectivity index (χ3n) is 2.73. The van der Waals surface area contributed by atoms with Gasteiger partial charge >= 0.3 is 0 Å². The van der Waals surface area contributed by atoms with E-state index >= 15 is 0 Å².